The molecular weight excluding hydrogens is 237 g/mol. The average molecular weight is 247 g/mol. The highest BCUT2D eigenvalue weighted by molar-refractivity contribution is 7.90. The Hall–Kier alpha value is -1.47. The van der Waals surface area contributed by atoms with E-state index in [9.17, 15) is 17.6 Å². The lowest BCUT2D eigenvalue weighted by Gasteiger charge is -2.05. The summed E-state index contributed by atoms with van der Waals surface area (Å²) < 4.78 is 37.3. The molecule has 0 radical (unpaired) electrons. The van der Waals surface area contributed by atoms with Gasteiger partial charge in [-0.15, -0.1) is 0 Å². The molecule has 7 heteroatoms. The molecule has 16 heavy (non-hydrogen) atoms. The van der Waals surface area contributed by atoms with Crippen LogP contribution in [0, 0.1) is 5.82 Å². The number of rotatable bonds is 5. The second-order valence-corrected chi connectivity index (χ2v) is 4.87. The second kappa shape index (κ2) is 5.04. The third-order valence-electron chi connectivity index (χ3n) is 1.75. The molecule has 0 saturated heterocycles. The van der Waals surface area contributed by atoms with Crippen LogP contribution in [0.4, 0.5) is 4.39 Å². The molecule has 0 atom stereocenters. The number of carbonyl (C=O) groups is 1. The number of carboxylic acid groups (broad SMARTS) is 1. The van der Waals surface area contributed by atoms with Gasteiger partial charge in [-0.2, -0.15) is 0 Å². The Bertz CT molecular complexity index is 486. The predicted molar refractivity (Wildman–Crippen MR) is 54.7 cm³/mol. The van der Waals surface area contributed by atoms with Crippen LogP contribution in [-0.4, -0.2) is 25.2 Å². The van der Waals surface area contributed by atoms with Gasteiger partial charge in [0.1, 0.15) is 5.82 Å². The predicted octanol–water partition coefficient (Wildman–Crippen LogP) is 0.330. The van der Waals surface area contributed by atoms with Gasteiger partial charge in [0.05, 0.1) is 0 Å². The van der Waals surface area contributed by atoms with E-state index in [1.807, 2.05) is 4.72 Å². The first kappa shape index (κ1) is 12.6. The molecular formula is C9H10FNO4S. The summed E-state index contributed by atoms with van der Waals surface area (Å²) >= 11 is 0. The summed E-state index contributed by atoms with van der Waals surface area (Å²) in [6.45, 7) is -0.262. The van der Waals surface area contributed by atoms with Crippen LogP contribution in [0.15, 0.2) is 24.3 Å². The van der Waals surface area contributed by atoms with Crippen LogP contribution in [-0.2, 0) is 21.4 Å². The number of hydrogen-bond acceptors (Lipinski definition) is 3. The lowest BCUT2D eigenvalue weighted by atomic mass is 10.2. The summed E-state index contributed by atoms with van der Waals surface area (Å²) in [5.41, 5.74) is 0.163. The van der Waals surface area contributed by atoms with Gasteiger partial charge in [-0.05, 0) is 6.07 Å². The number of halogens is 1. The van der Waals surface area contributed by atoms with E-state index in [2.05, 4.69) is 0 Å². The zero-order valence-corrected chi connectivity index (χ0v) is 9.00. The molecule has 88 valence electrons. The molecule has 0 aliphatic carbocycles. The minimum Gasteiger partial charge on any atom is -0.480 e. The molecule has 2 N–H and O–H groups in total. The molecule has 1 aromatic rings. The van der Waals surface area contributed by atoms with E-state index in [1.165, 1.54) is 18.2 Å². The van der Waals surface area contributed by atoms with Crippen molar-refractivity contribution in [1.82, 2.24) is 4.72 Å². The van der Waals surface area contributed by atoms with Crippen molar-refractivity contribution in [1.29, 1.82) is 0 Å². The van der Waals surface area contributed by atoms with E-state index in [0.29, 0.717) is 0 Å². The molecule has 0 heterocycles. The normalized spacial score (nSPS) is 11.3. The molecule has 0 saturated carbocycles. The Morgan fingerprint density at radius 1 is 1.38 bits per heavy atom. The van der Waals surface area contributed by atoms with Crippen molar-refractivity contribution in [3.63, 3.8) is 0 Å². The van der Waals surface area contributed by atoms with Gasteiger partial charge in [0.15, 0.2) is 5.75 Å². The average Bonchev–Trinajstić information content (AvgIpc) is 2.14. The van der Waals surface area contributed by atoms with Crippen LogP contribution in [0.1, 0.15) is 5.56 Å². The Labute approximate surface area is 92.0 Å². The van der Waals surface area contributed by atoms with Crippen LogP contribution in [0.5, 0.6) is 0 Å². The fourth-order valence-corrected chi connectivity index (χ4v) is 1.85. The zero-order valence-electron chi connectivity index (χ0n) is 8.18. The van der Waals surface area contributed by atoms with Crippen molar-refractivity contribution in [3.8, 4) is 0 Å². The summed E-state index contributed by atoms with van der Waals surface area (Å²) in [6.07, 6.45) is 0. The SMILES string of the molecule is O=C(O)CS(=O)(=O)NCc1ccccc1F. The van der Waals surface area contributed by atoms with Crippen LogP contribution in [0.25, 0.3) is 0 Å². The van der Waals surface area contributed by atoms with Crippen molar-refractivity contribution in [2.45, 2.75) is 6.54 Å². The number of benzene rings is 1. The number of aliphatic carboxylic acids is 1. The van der Waals surface area contributed by atoms with Crippen LogP contribution in [0.2, 0.25) is 0 Å². The van der Waals surface area contributed by atoms with Gasteiger partial charge in [0.2, 0.25) is 10.0 Å². The first-order chi connectivity index (χ1) is 7.41. The Morgan fingerprint density at radius 3 is 2.56 bits per heavy atom. The molecule has 0 unspecified atom stereocenters. The molecule has 0 bridgehead atoms. The highest BCUT2D eigenvalue weighted by Gasteiger charge is 2.15. The van der Waals surface area contributed by atoms with E-state index in [1.54, 1.807) is 6.07 Å². The number of sulfonamides is 1. The highest BCUT2D eigenvalue weighted by atomic mass is 32.2. The van der Waals surface area contributed by atoms with E-state index in [-0.39, 0.29) is 12.1 Å². The Balaban J connectivity index is 2.65. The van der Waals surface area contributed by atoms with Gasteiger partial charge >= 0.3 is 5.97 Å². The summed E-state index contributed by atoms with van der Waals surface area (Å²) in [5.74, 6) is -3.02. The topological polar surface area (TPSA) is 83.5 Å². The molecule has 0 amide bonds. The second-order valence-electron chi connectivity index (χ2n) is 3.07. The monoisotopic (exact) mass is 247 g/mol. The van der Waals surface area contributed by atoms with Crippen molar-refractivity contribution < 1.29 is 22.7 Å². The minimum absolute atomic E-state index is 0.163. The van der Waals surface area contributed by atoms with Gasteiger partial charge in [-0.25, -0.2) is 17.5 Å². The largest absolute Gasteiger partial charge is 0.480 e. The van der Waals surface area contributed by atoms with E-state index in [4.69, 9.17) is 5.11 Å². The first-order valence-electron chi connectivity index (χ1n) is 4.33. The summed E-state index contributed by atoms with van der Waals surface area (Å²) in [6, 6.07) is 5.65. The maximum atomic E-state index is 13.1. The molecule has 0 aliphatic rings. The molecule has 0 aliphatic heterocycles. The highest BCUT2D eigenvalue weighted by Crippen LogP contribution is 2.05. The van der Waals surface area contributed by atoms with Crippen LogP contribution in [0.3, 0.4) is 0 Å². The Morgan fingerprint density at radius 2 is 2.00 bits per heavy atom. The zero-order chi connectivity index (χ0) is 12.2. The van der Waals surface area contributed by atoms with E-state index < -0.39 is 27.6 Å². The van der Waals surface area contributed by atoms with Crippen molar-refractivity contribution in [2.75, 3.05) is 5.75 Å². The third-order valence-corrected chi connectivity index (χ3v) is 2.97. The standard InChI is InChI=1S/C9H10FNO4S/c10-8-4-2-1-3-7(8)5-11-16(14,15)6-9(12)13/h1-4,11H,5-6H2,(H,12,13). The van der Waals surface area contributed by atoms with Crippen LogP contribution < -0.4 is 4.72 Å². The van der Waals surface area contributed by atoms with Gasteiger partial charge in [0, 0.05) is 12.1 Å². The maximum Gasteiger partial charge on any atom is 0.320 e. The third kappa shape index (κ3) is 3.95. The molecule has 5 nitrogen and oxygen atoms in total. The fourth-order valence-electron chi connectivity index (χ4n) is 1.04. The van der Waals surface area contributed by atoms with Gasteiger partial charge in [0.25, 0.3) is 0 Å². The van der Waals surface area contributed by atoms with Gasteiger partial charge in [-0.3, -0.25) is 4.79 Å². The summed E-state index contributed by atoms with van der Waals surface area (Å²) in [5, 5.41) is 8.31. The molecule has 1 aromatic carbocycles. The lowest BCUT2D eigenvalue weighted by Crippen LogP contribution is -2.29. The number of nitrogens with one attached hydrogen (secondary N) is 1. The van der Waals surface area contributed by atoms with E-state index >= 15 is 0 Å². The first-order valence-corrected chi connectivity index (χ1v) is 5.98. The molecule has 0 aromatic heterocycles. The van der Waals surface area contributed by atoms with Gasteiger partial charge < -0.3 is 5.11 Å². The fraction of sp³-hybridized carbons (Fsp3) is 0.222. The quantitative estimate of drug-likeness (QED) is 0.785. The van der Waals surface area contributed by atoms with Crippen LogP contribution >= 0.6 is 0 Å². The van der Waals surface area contributed by atoms with Crippen molar-refractivity contribution >= 4 is 16.0 Å². The van der Waals surface area contributed by atoms with Crippen molar-refractivity contribution in [3.05, 3.63) is 35.6 Å². The number of hydrogen-bond donors (Lipinski definition) is 2. The lowest BCUT2D eigenvalue weighted by molar-refractivity contribution is -0.134. The summed E-state index contributed by atoms with van der Waals surface area (Å²) in [4.78, 5) is 10.2. The summed E-state index contributed by atoms with van der Waals surface area (Å²) in [7, 11) is -3.91. The number of carboxylic acids is 1. The molecule has 0 spiro atoms. The molecule has 0 fully saturated rings. The maximum absolute atomic E-state index is 13.1. The smallest absolute Gasteiger partial charge is 0.320 e. The van der Waals surface area contributed by atoms with Gasteiger partial charge in [-0.1, -0.05) is 18.2 Å². The molecule has 1 rings (SSSR count). The Kier molecular flexibility index (Phi) is 3.97. The van der Waals surface area contributed by atoms with Crippen molar-refractivity contribution in [2.24, 2.45) is 0 Å². The van der Waals surface area contributed by atoms with E-state index in [0.717, 1.165) is 0 Å². The minimum atomic E-state index is -3.91.